The predicted octanol–water partition coefficient (Wildman–Crippen LogP) is 0.915. The molecule has 2 N–H and O–H groups in total. The average molecular weight is 248 g/mol. The van der Waals surface area contributed by atoms with Crippen molar-refractivity contribution in [3.8, 4) is 0 Å². The summed E-state index contributed by atoms with van der Waals surface area (Å²) in [6.45, 7) is -0.623. The van der Waals surface area contributed by atoms with Gasteiger partial charge in [-0.3, -0.25) is 14.6 Å². The molecule has 0 aliphatic heterocycles. The van der Waals surface area contributed by atoms with Crippen molar-refractivity contribution in [2.75, 3.05) is 6.54 Å². The van der Waals surface area contributed by atoms with Crippen LogP contribution >= 0.6 is 0 Å². The lowest BCUT2D eigenvalue weighted by molar-refractivity contribution is -0.138. The van der Waals surface area contributed by atoms with Gasteiger partial charge in [0.05, 0.1) is 5.56 Å². The molecule has 0 bridgehead atoms. The second kappa shape index (κ2) is 4.81. The van der Waals surface area contributed by atoms with Crippen LogP contribution in [0, 0.1) is 0 Å². The van der Waals surface area contributed by atoms with E-state index in [0.717, 1.165) is 6.07 Å². The highest BCUT2D eigenvalue weighted by atomic mass is 19.4. The fourth-order valence-electron chi connectivity index (χ4n) is 0.942. The monoisotopic (exact) mass is 248 g/mol. The van der Waals surface area contributed by atoms with Gasteiger partial charge in [0.25, 0.3) is 5.91 Å². The van der Waals surface area contributed by atoms with Crippen molar-refractivity contribution in [1.82, 2.24) is 10.3 Å². The molecule has 1 rings (SSSR count). The molecular weight excluding hydrogens is 241 g/mol. The molecule has 17 heavy (non-hydrogen) atoms. The standard InChI is InChI=1S/C9H7F3N2O3/c10-9(11,12)5-1-2-6(13-3-5)8(17)14-4-7(15)16/h1-3H,4H2,(H,14,17)(H,15,16). The Balaban J connectivity index is 2.74. The van der Waals surface area contributed by atoms with Crippen LogP contribution in [0.4, 0.5) is 13.2 Å². The molecule has 5 nitrogen and oxygen atoms in total. The first-order valence-electron chi connectivity index (χ1n) is 4.34. The lowest BCUT2D eigenvalue weighted by Gasteiger charge is -2.06. The van der Waals surface area contributed by atoms with E-state index in [0.29, 0.717) is 12.3 Å². The third-order valence-corrected chi connectivity index (χ3v) is 1.72. The van der Waals surface area contributed by atoms with Crippen LogP contribution in [0.3, 0.4) is 0 Å². The van der Waals surface area contributed by atoms with Crippen LogP contribution < -0.4 is 5.32 Å². The fraction of sp³-hybridized carbons (Fsp3) is 0.222. The Hall–Kier alpha value is -2.12. The number of nitrogens with zero attached hydrogens (tertiary/aromatic N) is 1. The number of rotatable bonds is 3. The zero-order chi connectivity index (χ0) is 13.1. The van der Waals surface area contributed by atoms with Gasteiger partial charge < -0.3 is 10.4 Å². The SMILES string of the molecule is O=C(O)CNC(=O)c1ccc(C(F)(F)F)cn1. The lowest BCUT2D eigenvalue weighted by atomic mass is 10.2. The molecule has 92 valence electrons. The Kier molecular flexibility index (Phi) is 3.66. The van der Waals surface area contributed by atoms with E-state index in [1.165, 1.54) is 0 Å². The zero-order valence-corrected chi connectivity index (χ0v) is 8.28. The zero-order valence-electron chi connectivity index (χ0n) is 8.28. The van der Waals surface area contributed by atoms with Crippen LogP contribution in [0.2, 0.25) is 0 Å². The van der Waals surface area contributed by atoms with Gasteiger partial charge in [-0.15, -0.1) is 0 Å². The molecule has 0 aromatic carbocycles. The molecule has 0 aliphatic rings. The summed E-state index contributed by atoms with van der Waals surface area (Å²) in [7, 11) is 0. The Bertz CT molecular complexity index is 428. The summed E-state index contributed by atoms with van der Waals surface area (Å²) in [5, 5.41) is 10.3. The predicted molar refractivity (Wildman–Crippen MR) is 49.2 cm³/mol. The Morgan fingerprint density at radius 2 is 2.00 bits per heavy atom. The van der Waals surface area contributed by atoms with Crippen molar-refractivity contribution in [2.45, 2.75) is 6.18 Å². The van der Waals surface area contributed by atoms with Crippen LogP contribution in [-0.4, -0.2) is 28.5 Å². The van der Waals surface area contributed by atoms with Gasteiger partial charge in [0.15, 0.2) is 0 Å². The van der Waals surface area contributed by atoms with Gasteiger partial charge in [0.1, 0.15) is 12.2 Å². The Morgan fingerprint density at radius 1 is 1.35 bits per heavy atom. The molecule has 0 unspecified atom stereocenters. The fourth-order valence-corrected chi connectivity index (χ4v) is 0.942. The Morgan fingerprint density at radius 3 is 2.41 bits per heavy atom. The summed E-state index contributed by atoms with van der Waals surface area (Å²) < 4.78 is 36.5. The van der Waals surface area contributed by atoms with Gasteiger partial charge >= 0.3 is 12.1 Å². The van der Waals surface area contributed by atoms with Crippen LogP contribution in [-0.2, 0) is 11.0 Å². The molecular formula is C9H7F3N2O3. The minimum absolute atomic E-state index is 0.278. The summed E-state index contributed by atoms with van der Waals surface area (Å²) in [4.78, 5) is 24.6. The van der Waals surface area contributed by atoms with Crippen molar-refractivity contribution in [1.29, 1.82) is 0 Å². The van der Waals surface area contributed by atoms with Gasteiger partial charge in [0.2, 0.25) is 0 Å². The molecule has 1 heterocycles. The maximum atomic E-state index is 12.2. The minimum Gasteiger partial charge on any atom is -0.480 e. The number of hydrogen-bond acceptors (Lipinski definition) is 3. The Labute approximate surface area is 93.3 Å². The van der Waals surface area contributed by atoms with Gasteiger partial charge in [0, 0.05) is 6.20 Å². The van der Waals surface area contributed by atoms with E-state index in [9.17, 15) is 22.8 Å². The molecule has 8 heteroatoms. The molecule has 1 amide bonds. The number of carboxylic acid groups (broad SMARTS) is 1. The van der Waals surface area contributed by atoms with E-state index >= 15 is 0 Å². The van der Waals surface area contributed by atoms with E-state index < -0.39 is 30.2 Å². The topological polar surface area (TPSA) is 79.3 Å². The van der Waals surface area contributed by atoms with Crippen molar-refractivity contribution in [2.24, 2.45) is 0 Å². The number of hydrogen-bond donors (Lipinski definition) is 2. The quantitative estimate of drug-likeness (QED) is 0.833. The van der Waals surface area contributed by atoms with E-state index in [1.807, 2.05) is 5.32 Å². The van der Waals surface area contributed by atoms with Crippen LogP contribution in [0.15, 0.2) is 18.3 Å². The van der Waals surface area contributed by atoms with Gasteiger partial charge in [-0.1, -0.05) is 0 Å². The molecule has 1 aromatic heterocycles. The molecule has 0 saturated carbocycles. The summed E-state index contributed by atoms with van der Waals surface area (Å²) in [6, 6.07) is 1.57. The average Bonchev–Trinajstić information content (AvgIpc) is 2.25. The largest absolute Gasteiger partial charge is 0.480 e. The first-order valence-corrected chi connectivity index (χ1v) is 4.34. The number of amides is 1. The molecule has 0 aliphatic carbocycles. The number of alkyl halides is 3. The van der Waals surface area contributed by atoms with Crippen molar-refractivity contribution < 1.29 is 27.9 Å². The van der Waals surface area contributed by atoms with E-state index in [4.69, 9.17) is 5.11 Å². The maximum Gasteiger partial charge on any atom is 0.417 e. The molecule has 0 saturated heterocycles. The van der Waals surface area contributed by atoms with Crippen LogP contribution in [0.25, 0.3) is 0 Å². The first-order chi connectivity index (χ1) is 7.80. The van der Waals surface area contributed by atoms with Crippen molar-refractivity contribution >= 4 is 11.9 Å². The normalized spacial score (nSPS) is 11.0. The minimum atomic E-state index is -4.52. The molecule has 0 radical (unpaired) electrons. The van der Waals surface area contributed by atoms with Crippen molar-refractivity contribution in [3.05, 3.63) is 29.6 Å². The van der Waals surface area contributed by atoms with Gasteiger partial charge in [-0.2, -0.15) is 13.2 Å². The van der Waals surface area contributed by atoms with Crippen LogP contribution in [0.5, 0.6) is 0 Å². The number of aromatic nitrogens is 1. The molecule has 0 spiro atoms. The number of aliphatic carboxylic acids is 1. The third kappa shape index (κ3) is 3.74. The molecule has 0 atom stereocenters. The van der Waals surface area contributed by atoms with E-state index in [2.05, 4.69) is 4.98 Å². The molecule has 0 fully saturated rings. The third-order valence-electron chi connectivity index (χ3n) is 1.72. The number of nitrogens with one attached hydrogen (secondary N) is 1. The van der Waals surface area contributed by atoms with Gasteiger partial charge in [-0.25, -0.2) is 0 Å². The second-order valence-corrected chi connectivity index (χ2v) is 3.01. The number of pyridine rings is 1. The van der Waals surface area contributed by atoms with E-state index in [-0.39, 0.29) is 5.69 Å². The van der Waals surface area contributed by atoms with Gasteiger partial charge in [-0.05, 0) is 12.1 Å². The maximum absolute atomic E-state index is 12.2. The molecule has 1 aromatic rings. The van der Waals surface area contributed by atoms with Crippen molar-refractivity contribution in [3.63, 3.8) is 0 Å². The smallest absolute Gasteiger partial charge is 0.417 e. The number of halogens is 3. The lowest BCUT2D eigenvalue weighted by Crippen LogP contribution is -2.29. The second-order valence-electron chi connectivity index (χ2n) is 3.01. The first kappa shape index (κ1) is 12.9. The number of carbonyl (C=O) groups excluding carboxylic acids is 1. The summed E-state index contributed by atoms with van der Waals surface area (Å²) >= 11 is 0. The summed E-state index contributed by atoms with van der Waals surface area (Å²) in [5.74, 6) is -2.11. The van der Waals surface area contributed by atoms with E-state index in [1.54, 1.807) is 0 Å². The summed E-state index contributed by atoms with van der Waals surface area (Å²) in [6.07, 6.45) is -4.02. The number of carboxylic acids is 1. The summed E-state index contributed by atoms with van der Waals surface area (Å²) in [5.41, 5.74) is -1.26. The highest BCUT2D eigenvalue weighted by molar-refractivity contribution is 5.93. The highest BCUT2D eigenvalue weighted by Crippen LogP contribution is 2.28. The highest BCUT2D eigenvalue weighted by Gasteiger charge is 2.30. The number of carbonyl (C=O) groups is 2. The van der Waals surface area contributed by atoms with Crippen LogP contribution in [0.1, 0.15) is 16.1 Å².